The van der Waals surface area contributed by atoms with Crippen molar-refractivity contribution in [3.63, 3.8) is 0 Å². The maximum atomic E-state index is 13.5. The second-order valence-electron chi connectivity index (χ2n) is 5.92. The SMILES string of the molecule is COc1cc(NC(=O)CCn2ccc3ccc(F)cc32)cc(OC)c1OC. The maximum absolute atomic E-state index is 13.5. The number of benzene rings is 2. The van der Waals surface area contributed by atoms with Crippen molar-refractivity contribution in [3.05, 3.63) is 48.4 Å². The standard InChI is InChI=1S/C20H21FN2O4/c1-25-17-11-15(12-18(26-2)20(17)27-3)22-19(24)7-9-23-8-6-13-4-5-14(21)10-16(13)23/h4-6,8,10-12H,7,9H2,1-3H3,(H,22,24). The molecule has 7 heteroatoms. The molecular weight excluding hydrogens is 351 g/mol. The van der Waals surface area contributed by atoms with E-state index in [2.05, 4.69) is 5.32 Å². The maximum Gasteiger partial charge on any atom is 0.226 e. The zero-order chi connectivity index (χ0) is 19.4. The summed E-state index contributed by atoms with van der Waals surface area (Å²) in [5, 5.41) is 3.75. The highest BCUT2D eigenvalue weighted by Crippen LogP contribution is 2.39. The number of rotatable bonds is 7. The molecule has 0 fully saturated rings. The number of methoxy groups -OCH3 is 3. The Balaban J connectivity index is 1.71. The predicted molar refractivity (Wildman–Crippen MR) is 101 cm³/mol. The molecule has 1 amide bonds. The molecule has 0 aliphatic carbocycles. The summed E-state index contributed by atoms with van der Waals surface area (Å²) in [7, 11) is 4.54. The van der Waals surface area contributed by atoms with Gasteiger partial charge in [-0.2, -0.15) is 0 Å². The predicted octanol–water partition coefficient (Wildman–Crippen LogP) is 3.84. The van der Waals surface area contributed by atoms with E-state index in [9.17, 15) is 9.18 Å². The summed E-state index contributed by atoms with van der Waals surface area (Å²) in [6.45, 7) is 0.434. The molecule has 0 bridgehead atoms. The van der Waals surface area contributed by atoms with Gasteiger partial charge in [0.2, 0.25) is 11.7 Å². The van der Waals surface area contributed by atoms with Crippen molar-refractivity contribution in [1.82, 2.24) is 4.57 Å². The number of hydrogen-bond acceptors (Lipinski definition) is 4. The molecule has 2 aromatic carbocycles. The van der Waals surface area contributed by atoms with Gasteiger partial charge in [0.15, 0.2) is 11.5 Å². The average Bonchev–Trinajstić information content (AvgIpc) is 3.07. The fourth-order valence-electron chi connectivity index (χ4n) is 2.95. The van der Waals surface area contributed by atoms with Crippen LogP contribution in [0.4, 0.5) is 10.1 Å². The lowest BCUT2D eigenvalue weighted by Gasteiger charge is -2.14. The van der Waals surface area contributed by atoms with Crippen molar-refractivity contribution in [3.8, 4) is 17.2 Å². The number of anilines is 1. The van der Waals surface area contributed by atoms with E-state index in [0.717, 1.165) is 10.9 Å². The second-order valence-corrected chi connectivity index (χ2v) is 5.92. The molecule has 0 aliphatic heterocycles. The fraction of sp³-hybridized carbons (Fsp3) is 0.250. The normalized spacial score (nSPS) is 10.7. The minimum Gasteiger partial charge on any atom is -0.493 e. The van der Waals surface area contributed by atoms with E-state index in [4.69, 9.17) is 14.2 Å². The summed E-state index contributed by atoms with van der Waals surface area (Å²) in [5.41, 5.74) is 1.30. The van der Waals surface area contributed by atoms with E-state index in [1.807, 2.05) is 16.8 Å². The number of aromatic nitrogens is 1. The molecule has 1 aromatic heterocycles. The third-order valence-electron chi connectivity index (χ3n) is 4.26. The zero-order valence-corrected chi connectivity index (χ0v) is 15.4. The molecule has 27 heavy (non-hydrogen) atoms. The number of halogens is 1. The van der Waals surface area contributed by atoms with Crippen LogP contribution in [0.1, 0.15) is 6.42 Å². The summed E-state index contributed by atoms with van der Waals surface area (Å²) in [6.07, 6.45) is 2.08. The van der Waals surface area contributed by atoms with Crippen LogP contribution >= 0.6 is 0 Å². The van der Waals surface area contributed by atoms with Gasteiger partial charge in [-0.1, -0.05) is 0 Å². The third-order valence-corrected chi connectivity index (χ3v) is 4.26. The first-order chi connectivity index (χ1) is 13.0. The lowest BCUT2D eigenvalue weighted by atomic mass is 10.2. The summed E-state index contributed by atoms with van der Waals surface area (Å²) in [5.74, 6) is 0.892. The van der Waals surface area contributed by atoms with Crippen LogP contribution in [-0.4, -0.2) is 31.8 Å². The van der Waals surface area contributed by atoms with Gasteiger partial charge >= 0.3 is 0 Å². The number of amides is 1. The van der Waals surface area contributed by atoms with Gasteiger partial charge in [0.25, 0.3) is 0 Å². The molecule has 1 N–H and O–H groups in total. The van der Waals surface area contributed by atoms with Gasteiger partial charge in [0.05, 0.1) is 26.8 Å². The highest BCUT2D eigenvalue weighted by atomic mass is 19.1. The Hall–Kier alpha value is -3.22. The van der Waals surface area contributed by atoms with Crippen molar-refractivity contribution >= 4 is 22.5 Å². The van der Waals surface area contributed by atoms with Gasteiger partial charge in [-0.3, -0.25) is 4.79 Å². The molecule has 3 rings (SSSR count). The minimum atomic E-state index is -0.302. The summed E-state index contributed by atoms with van der Waals surface area (Å²) < 4.78 is 31.1. The number of carbonyl (C=O) groups is 1. The van der Waals surface area contributed by atoms with Crippen LogP contribution in [0.3, 0.4) is 0 Å². The number of hydrogen-bond donors (Lipinski definition) is 1. The Morgan fingerprint density at radius 1 is 1.04 bits per heavy atom. The molecule has 142 valence electrons. The lowest BCUT2D eigenvalue weighted by molar-refractivity contribution is -0.116. The molecule has 0 spiro atoms. The Labute approximate surface area is 156 Å². The van der Waals surface area contributed by atoms with Crippen molar-refractivity contribution in [1.29, 1.82) is 0 Å². The minimum absolute atomic E-state index is 0.178. The molecule has 0 atom stereocenters. The van der Waals surface area contributed by atoms with Crippen molar-refractivity contribution in [2.45, 2.75) is 13.0 Å². The molecular formula is C20H21FN2O4. The fourth-order valence-corrected chi connectivity index (χ4v) is 2.95. The monoisotopic (exact) mass is 372 g/mol. The highest BCUT2D eigenvalue weighted by molar-refractivity contribution is 5.91. The molecule has 0 saturated carbocycles. The van der Waals surface area contributed by atoms with Crippen LogP contribution < -0.4 is 19.5 Å². The van der Waals surface area contributed by atoms with E-state index in [-0.39, 0.29) is 18.1 Å². The van der Waals surface area contributed by atoms with Gasteiger partial charge in [-0.05, 0) is 29.7 Å². The number of nitrogens with zero attached hydrogens (tertiary/aromatic N) is 1. The van der Waals surface area contributed by atoms with E-state index >= 15 is 0 Å². The highest BCUT2D eigenvalue weighted by Gasteiger charge is 2.14. The number of ether oxygens (including phenoxy) is 3. The van der Waals surface area contributed by atoms with Crippen LogP contribution in [0.25, 0.3) is 10.9 Å². The Bertz CT molecular complexity index is 943. The quantitative estimate of drug-likeness (QED) is 0.685. The van der Waals surface area contributed by atoms with Crippen LogP contribution in [0, 0.1) is 5.82 Å². The second kappa shape index (κ2) is 7.99. The first kappa shape index (κ1) is 18.6. The van der Waals surface area contributed by atoms with Crippen LogP contribution in [-0.2, 0) is 11.3 Å². The van der Waals surface area contributed by atoms with Crippen LogP contribution in [0.15, 0.2) is 42.6 Å². The Kier molecular flexibility index (Phi) is 5.49. The first-order valence-electron chi connectivity index (χ1n) is 8.40. The van der Waals surface area contributed by atoms with Crippen molar-refractivity contribution in [2.75, 3.05) is 26.6 Å². The van der Waals surface area contributed by atoms with E-state index in [1.54, 1.807) is 18.2 Å². The smallest absolute Gasteiger partial charge is 0.226 e. The van der Waals surface area contributed by atoms with E-state index in [0.29, 0.717) is 29.5 Å². The molecule has 1 heterocycles. The molecule has 0 saturated heterocycles. The summed E-state index contributed by atoms with van der Waals surface area (Å²) >= 11 is 0. The lowest BCUT2D eigenvalue weighted by Crippen LogP contribution is -2.14. The number of nitrogens with one attached hydrogen (secondary N) is 1. The number of carbonyl (C=O) groups excluding carboxylic acids is 1. The topological polar surface area (TPSA) is 61.7 Å². The molecule has 6 nitrogen and oxygen atoms in total. The van der Waals surface area contributed by atoms with E-state index < -0.39 is 0 Å². The molecule has 0 aliphatic rings. The largest absolute Gasteiger partial charge is 0.493 e. The Morgan fingerprint density at radius 2 is 1.74 bits per heavy atom. The van der Waals surface area contributed by atoms with Gasteiger partial charge in [-0.25, -0.2) is 4.39 Å². The van der Waals surface area contributed by atoms with Gasteiger partial charge in [-0.15, -0.1) is 0 Å². The van der Waals surface area contributed by atoms with Gasteiger partial charge < -0.3 is 24.1 Å². The van der Waals surface area contributed by atoms with E-state index in [1.165, 1.54) is 33.5 Å². The third kappa shape index (κ3) is 3.97. The Morgan fingerprint density at radius 3 is 2.37 bits per heavy atom. The molecule has 3 aromatic rings. The van der Waals surface area contributed by atoms with Crippen LogP contribution in [0.2, 0.25) is 0 Å². The summed E-state index contributed by atoms with van der Waals surface area (Å²) in [4.78, 5) is 12.4. The van der Waals surface area contributed by atoms with Crippen LogP contribution in [0.5, 0.6) is 17.2 Å². The first-order valence-corrected chi connectivity index (χ1v) is 8.40. The van der Waals surface area contributed by atoms with Crippen molar-refractivity contribution < 1.29 is 23.4 Å². The summed E-state index contributed by atoms with van der Waals surface area (Å²) in [6, 6.07) is 9.83. The number of fused-ring (bicyclic) bond motifs is 1. The zero-order valence-electron chi connectivity index (χ0n) is 15.4. The van der Waals surface area contributed by atoms with Gasteiger partial charge in [0.1, 0.15) is 5.82 Å². The number of aryl methyl sites for hydroxylation is 1. The molecule has 0 radical (unpaired) electrons. The van der Waals surface area contributed by atoms with Crippen molar-refractivity contribution in [2.24, 2.45) is 0 Å². The van der Waals surface area contributed by atoms with Gasteiger partial charge in [0, 0.05) is 37.0 Å². The average molecular weight is 372 g/mol. The molecule has 0 unspecified atom stereocenters.